The van der Waals surface area contributed by atoms with Gasteiger partial charge in [0.2, 0.25) is 0 Å². The minimum absolute atomic E-state index is 0.0603. The molecule has 4 fully saturated rings. The molecule has 1 spiro atoms. The number of morpholine rings is 1. The van der Waals surface area contributed by atoms with E-state index in [1.54, 1.807) is 30.5 Å². The normalized spacial score (nSPS) is 22.0. The number of aromatic amines is 1. The fraction of sp³-hybridized carbons (Fsp3) is 0.510. The zero-order valence-electron chi connectivity index (χ0n) is 39.2. The molecule has 2 N–H and O–H groups in total. The molecule has 68 heavy (non-hydrogen) atoms. The van der Waals surface area contributed by atoms with Crippen LogP contribution in [0.15, 0.2) is 78.1 Å². The van der Waals surface area contributed by atoms with Crippen LogP contribution in [0, 0.1) is 26.9 Å². The molecule has 5 aliphatic rings. The van der Waals surface area contributed by atoms with Crippen molar-refractivity contribution in [2.24, 2.45) is 16.7 Å². The predicted octanol–water partition coefficient (Wildman–Crippen LogP) is 9.47. The van der Waals surface area contributed by atoms with E-state index in [-0.39, 0.29) is 46.4 Å². The molecule has 0 bridgehead atoms. The molecular formula is C51H61N7O9S. The van der Waals surface area contributed by atoms with Gasteiger partial charge in [-0.2, -0.15) is 13.4 Å². The summed E-state index contributed by atoms with van der Waals surface area (Å²) in [5.41, 5.74) is 4.10. The van der Waals surface area contributed by atoms with Gasteiger partial charge < -0.3 is 28.8 Å². The van der Waals surface area contributed by atoms with Crippen molar-refractivity contribution >= 4 is 38.3 Å². The number of ether oxygens (including phenoxy) is 4. The number of H-pyrrole nitrogens is 1. The molecule has 3 aliphatic heterocycles. The summed E-state index contributed by atoms with van der Waals surface area (Å²) >= 11 is 0. The SMILES string of the molecule is CC(C)c1ccccc1[C@H]1COCCN1C1CC2(CCN(c3ccc(C(=O)NS(=O)(=O)c4cc([N+](=O)[O-])c5c(n4)OC[C@H](CC4CCC(C)(C)CC4)O5)c(Oc4cnc5[nH]ccc5c4)c3)CC2)C1. The molecule has 16 nitrogen and oxygen atoms in total. The lowest BCUT2D eigenvalue weighted by Crippen LogP contribution is -2.58. The van der Waals surface area contributed by atoms with Crippen molar-refractivity contribution in [2.45, 2.75) is 115 Å². The summed E-state index contributed by atoms with van der Waals surface area (Å²) in [6.45, 7) is 13.1. The van der Waals surface area contributed by atoms with Gasteiger partial charge in [-0.05, 0) is 116 Å². The van der Waals surface area contributed by atoms with E-state index in [0.29, 0.717) is 42.3 Å². The number of carbonyl (C=O) groups is 1. The maximum Gasteiger partial charge on any atom is 0.319 e. The van der Waals surface area contributed by atoms with Crippen molar-refractivity contribution < 1.29 is 37.1 Å². The summed E-state index contributed by atoms with van der Waals surface area (Å²) in [5, 5.41) is 12.4. The number of hydrogen-bond donors (Lipinski definition) is 2. The number of amides is 1. The standard InChI is InChI=1S/C51H61N7O9S/c1-32(2)39-7-5-6-8-40(39)43-31-64-22-21-57(43)36-27-51(28-36)16-19-56(20-17-51)35-9-10-41(44(25-35)66-37-24-34-13-18-52-47(34)53-29-37)48(59)55-68(62,63)45-26-42(58(60)61)46-49(54-45)65-30-38(67-46)23-33-11-14-50(3,4)15-12-33/h5-10,13,18,24-26,29,32-33,36,38,43H,11-12,14-17,19-23,27-28,30-31H2,1-4H3,(H,52,53)(H,55,59)/t38-,43+/m0/s1. The summed E-state index contributed by atoms with van der Waals surface area (Å²) in [6.07, 6.45) is 12.0. The summed E-state index contributed by atoms with van der Waals surface area (Å²) in [5.74, 6) is -0.263. The van der Waals surface area contributed by atoms with Crippen LogP contribution in [0.1, 0.15) is 119 Å². The first-order valence-corrected chi connectivity index (χ1v) is 25.6. The lowest BCUT2D eigenvalue weighted by Gasteiger charge is -2.57. The third kappa shape index (κ3) is 9.36. The van der Waals surface area contributed by atoms with Crippen molar-refractivity contribution in [2.75, 3.05) is 44.4 Å². The topological polar surface area (TPSA) is 191 Å². The number of rotatable bonds is 12. The first-order chi connectivity index (χ1) is 32.6. The molecule has 10 rings (SSSR count). The monoisotopic (exact) mass is 947 g/mol. The van der Waals surface area contributed by atoms with Crippen LogP contribution in [0.4, 0.5) is 11.4 Å². The van der Waals surface area contributed by atoms with E-state index in [4.69, 9.17) is 18.9 Å². The largest absolute Gasteiger partial charge is 0.476 e. The summed E-state index contributed by atoms with van der Waals surface area (Å²) in [6, 6.07) is 19.1. The zero-order chi connectivity index (χ0) is 47.4. The Morgan fingerprint density at radius 3 is 2.56 bits per heavy atom. The van der Waals surface area contributed by atoms with Gasteiger partial charge in [0.05, 0.1) is 42.0 Å². The summed E-state index contributed by atoms with van der Waals surface area (Å²) < 4.78 is 54.3. The Morgan fingerprint density at radius 2 is 1.79 bits per heavy atom. The number of pyridine rings is 2. The molecular weight excluding hydrogens is 887 g/mol. The zero-order valence-corrected chi connectivity index (χ0v) is 40.1. The van der Waals surface area contributed by atoms with E-state index in [0.717, 1.165) is 94.7 Å². The Balaban J connectivity index is 0.847. The van der Waals surface area contributed by atoms with Crippen molar-refractivity contribution in [1.82, 2.24) is 24.6 Å². The maximum absolute atomic E-state index is 14.1. The van der Waals surface area contributed by atoms with Crippen molar-refractivity contribution in [1.29, 1.82) is 0 Å². The summed E-state index contributed by atoms with van der Waals surface area (Å²) in [7, 11) is -4.78. The number of fused-ring (bicyclic) bond motifs is 2. The number of carbonyl (C=O) groups excluding carboxylic acids is 1. The highest BCUT2D eigenvalue weighted by atomic mass is 32.2. The van der Waals surface area contributed by atoms with Crippen LogP contribution >= 0.6 is 0 Å². The quantitative estimate of drug-likeness (QED) is 0.0889. The molecule has 360 valence electrons. The van der Waals surface area contributed by atoms with Crippen LogP contribution < -0.4 is 23.8 Å². The average Bonchev–Trinajstić information content (AvgIpc) is 3.79. The highest BCUT2D eigenvalue weighted by molar-refractivity contribution is 7.90. The van der Waals surface area contributed by atoms with Crippen LogP contribution in [-0.4, -0.2) is 90.7 Å². The fourth-order valence-electron chi connectivity index (χ4n) is 11.3. The second-order valence-electron chi connectivity index (χ2n) is 20.7. The number of nitro groups is 1. The Labute approximate surface area is 397 Å². The van der Waals surface area contributed by atoms with Crippen LogP contribution in [0.3, 0.4) is 0 Å². The summed E-state index contributed by atoms with van der Waals surface area (Å²) in [4.78, 5) is 42.4. The van der Waals surface area contributed by atoms with E-state index in [9.17, 15) is 23.3 Å². The number of anilines is 1. The molecule has 6 heterocycles. The van der Waals surface area contributed by atoms with Gasteiger partial charge >= 0.3 is 5.69 Å². The second kappa shape index (κ2) is 18.3. The lowest BCUT2D eigenvalue weighted by atomic mass is 9.59. The van der Waals surface area contributed by atoms with Gasteiger partial charge in [0, 0.05) is 49.0 Å². The molecule has 2 saturated heterocycles. The minimum Gasteiger partial charge on any atom is -0.476 e. The molecule has 5 aromatic rings. The Morgan fingerprint density at radius 1 is 1.01 bits per heavy atom. The van der Waals surface area contributed by atoms with Crippen LogP contribution in [0.25, 0.3) is 11.0 Å². The first kappa shape index (κ1) is 46.0. The highest BCUT2D eigenvalue weighted by Crippen LogP contribution is 2.53. The molecule has 1 amide bonds. The number of aromatic nitrogens is 3. The van der Waals surface area contributed by atoms with Gasteiger partial charge in [-0.1, -0.05) is 52.0 Å². The predicted molar refractivity (Wildman–Crippen MR) is 256 cm³/mol. The highest BCUT2D eigenvalue weighted by Gasteiger charge is 2.50. The number of hydrogen-bond acceptors (Lipinski definition) is 13. The molecule has 2 aliphatic carbocycles. The second-order valence-corrected chi connectivity index (χ2v) is 22.4. The van der Waals surface area contributed by atoms with Gasteiger partial charge in [0.1, 0.15) is 29.9 Å². The van der Waals surface area contributed by atoms with Gasteiger partial charge in [-0.15, -0.1) is 0 Å². The third-order valence-electron chi connectivity index (χ3n) is 15.3. The van der Waals surface area contributed by atoms with Crippen molar-refractivity contribution in [3.63, 3.8) is 0 Å². The maximum atomic E-state index is 14.1. The third-order valence-corrected chi connectivity index (χ3v) is 16.5. The van der Waals surface area contributed by atoms with Gasteiger partial charge in [0.25, 0.3) is 27.6 Å². The van der Waals surface area contributed by atoms with Crippen molar-refractivity contribution in [3.05, 3.63) is 99.9 Å². The Bertz CT molecular complexity index is 2810. The van der Waals surface area contributed by atoms with Crippen LogP contribution in [0.5, 0.6) is 23.1 Å². The Hall–Kier alpha value is -5.78. The molecule has 3 aromatic heterocycles. The van der Waals surface area contributed by atoms with Gasteiger partial charge in [-0.25, -0.2) is 9.71 Å². The van der Waals surface area contributed by atoms with E-state index in [1.165, 1.54) is 17.3 Å². The Kier molecular flexibility index (Phi) is 12.4. The lowest BCUT2D eigenvalue weighted by molar-refractivity contribution is -0.386. The molecule has 2 atom stereocenters. The fourth-order valence-corrected chi connectivity index (χ4v) is 12.2. The molecule has 17 heteroatoms. The van der Waals surface area contributed by atoms with Crippen LogP contribution in [0.2, 0.25) is 0 Å². The first-order valence-electron chi connectivity index (χ1n) is 24.1. The van der Waals surface area contributed by atoms with E-state index in [2.05, 4.69) is 81.4 Å². The number of benzene rings is 2. The number of sulfonamides is 1. The van der Waals surface area contributed by atoms with Gasteiger partial charge in [-0.3, -0.25) is 19.8 Å². The average molecular weight is 948 g/mol. The number of nitrogens with zero attached hydrogens (tertiary/aromatic N) is 5. The van der Waals surface area contributed by atoms with E-state index >= 15 is 0 Å². The number of nitrogens with one attached hydrogen (secondary N) is 2. The van der Waals surface area contributed by atoms with E-state index in [1.807, 2.05) is 6.07 Å². The van der Waals surface area contributed by atoms with Gasteiger partial charge in [0.15, 0.2) is 5.03 Å². The van der Waals surface area contributed by atoms with Crippen LogP contribution in [-0.2, 0) is 14.8 Å². The van der Waals surface area contributed by atoms with Crippen molar-refractivity contribution in [3.8, 4) is 23.1 Å². The van der Waals surface area contributed by atoms with E-state index < -0.39 is 37.7 Å². The number of piperidine rings is 1. The molecule has 2 aromatic carbocycles. The minimum atomic E-state index is -4.78. The molecule has 2 saturated carbocycles. The molecule has 0 unspecified atom stereocenters. The molecule has 0 radical (unpaired) electrons. The smallest absolute Gasteiger partial charge is 0.319 e.